The summed E-state index contributed by atoms with van der Waals surface area (Å²) in [6.45, 7) is 2.30. The minimum absolute atomic E-state index is 0.0327. The molecule has 0 aliphatic rings. The number of esters is 1. The average molecular weight is 391 g/mol. The molecule has 1 atom stereocenters. The second kappa shape index (κ2) is 10.1. The van der Waals surface area contributed by atoms with Crippen molar-refractivity contribution in [1.82, 2.24) is 5.32 Å². The van der Waals surface area contributed by atoms with Crippen molar-refractivity contribution in [3.8, 4) is 0 Å². The van der Waals surface area contributed by atoms with Crippen LogP contribution in [0.5, 0.6) is 0 Å². The third-order valence-corrected chi connectivity index (χ3v) is 3.72. The zero-order valence-corrected chi connectivity index (χ0v) is 15.5. The van der Waals surface area contributed by atoms with E-state index in [0.29, 0.717) is 18.9 Å². The molecule has 0 radical (unpaired) electrons. The molecule has 0 unspecified atom stereocenters. The number of anilines is 1. The van der Waals surface area contributed by atoms with Gasteiger partial charge in [-0.2, -0.15) is 0 Å². The molecule has 1 aromatic heterocycles. The molecule has 2 rings (SSSR count). The van der Waals surface area contributed by atoms with Gasteiger partial charge in [-0.15, -0.1) is 0 Å². The fraction of sp³-hybridized carbons (Fsp3) is 0.333. The van der Waals surface area contributed by atoms with Gasteiger partial charge in [0.1, 0.15) is 11.4 Å². The van der Waals surface area contributed by atoms with Gasteiger partial charge < -0.3 is 24.5 Å². The summed E-state index contributed by atoms with van der Waals surface area (Å²) in [4.78, 5) is 34.9. The van der Waals surface area contributed by atoms with Gasteiger partial charge in [-0.25, -0.2) is 4.79 Å². The van der Waals surface area contributed by atoms with Crippen LogP contribution in [0.2, 0.25) is 0 Å². The minimum atomic E-state index is -1.08. The number of amides is 1. The van der Waals surface area contributed by atoms with Crippen molar-refractivity contribution in [2.24, 2.45) is 0 Å². The molecule has 2 N–H and O–H groups in total. The predicted octanol–water partition coefficient (Wildman–Crippen LogP) is 2.11. The molecule has 0 aliphatic heterocycles. The van der Waals surface area contributed by atoms with Crippen LogP contribution in [-0.2, 0) is 20.8 Å². The fourth-order valence-corrected chi connectivity index (χ4v) is 2.26. The van der Waals surface area contributed by atoms with Gasteiger partial charge in [0.2, 0.25) is 0 Å². The zero-order valence-electron chi connectivity index (χ0n) is 15.5. The van der Waals surface area contributed by atoms with Crippen LogP contribution in [0.15, 0.2) is 41.0 Å². The number of hydrogen-bond acceptors (Lipinski definition) is 8. The van der Waals surface area contributed by atoms with Crippen molar-refractivity contribution in [2.75, 3.05) is 25.6 Å². The van der Waals surface area contributed by atoms with Gasteiger partial charge in [0, 0.05) is 19.7 Å². The van der Waals surface area contributed by atoms with Gasteiger partial charge in [-0.05, 0) is 31.2 Å². The highest BCUT2D eigenvalue weighted by Crippen LogP contribution is 2.26. The largest absolute Gasteiger partial charge is 0.467 e. The van der Waals surface area contributed by atoms with E-state index in [4.69, 9.17) is 13.9 Å². The lowest BCUT2D eigenvalue weighted by Gasteiger charge is -2.13. The molecule has 1 amide bonds. The molecule has 10 nitrogen and oxygen atoms in total. The van der Waals surface area contributed by atoms with Crippen LogP contribution in [0.1, 0.15) is 23.0 Å². The second-order valence-corrected chi connectivity index (χ2v) is 5.75. The Bertz CT molecular complexity index is 821. The van der Waals surface area contributed by atoms with Crippen molar-refractivity contribution in [3.05, 3.63) is 58.0 Å². The summed E-state index contributed by atoms with van der Waals surface area (Å²) in [6, 6.07) is 7.28. The molecule has 0 saturated carbocycles. The first-order chi connectivity index (χ1) is 13.4. The standard InChI is InChI=1S/C18H21N3O7/c1-12(17(22)20-11-14-4-3-8-27-14)28-18(23)13-5-6-15(19-7-9-26-2)16(10-13)21(24)25/h3-6,8,10,12,19H,7,9,11H2,1-2H3,(H,20,22)/t12-/m0/s1. The SMILES string of the molecule is COCCNc1ccc(C(=O)O[C@@H](C)C(=O)NCc2ccco2)cc1[N+](=O)[O-]. The Hall–Kier alpha value is -3.40. The number of furan rings is 1. The van der Waals surface area contributed by atoms with E-state index in [-0.39, 0.29) is 23.5 Å². The number of rotatable bonds is 10. The molecule has 0 aliphatic carbocycles. The summed E-state index contributed by atoms with van der Waals surface area (Å²) in [7, 11) is 1.52. The molecule has 2 aromatic rings. The van der Waals surface area contributed by atoms with E-state index in [2.05, 4.69) is 10.6 Å². The predicted molar refractivity (Wildman–Crippen MR) is 98.9 cm³/mol. The second-order valence-electron chi connectivity index (χ2n) is 5.75. The lowest BCUT2D eigenvalue weighted by atomic mass is 10.1. The van der Waals surface area contributed by atoms with Gasteiger partial charge >= 0.3 is 5.97 Å². The molecule has 150 valence electrons. The number of nitrogens with one attached hydrogen (secondary N) is 2. The minimum Gasteiger partial charge on any atom is -0.467 e. The summed E-state index contributed by atoms with van der Waals surface area (Å²) in [5, 5.41) is 16.7. The van der Waals surface area contributed by atoms with Crippen LogP contribution in [0, 0.1) is 10.1 Å². The van der Waals surface area contributed by atoms with E-state index < -0.39 is 22.9 Å². The number of nitrogens with zero attached hydrogens (tertiary/aromatic N) is 1. The summed E-state index contributed by atoms with van der Waals surface area (Å²) >= 11 is 0. The molecular formula is C18H21N3O7. The number of nitro benzene ring substituents is 1. The van der Waals surface area contributed by atoms with Gasteiger partial charge in [-0.1, -0.05) is 0 Å². The average Bonchev–Trinajstić information content (AvgIpc) is 3.19. The van der Waals surface area contributed by atoms with Crippen molar-refractivity contribution in [3.63, 3.8) is 0 Å². The molecular weight excluding hydrogens is 370 g/mol. The first-order valence-electron chi connectivity index (χ1n) is 8.44. The third kappa shape index (κ3) is 5.81. The van der Waals surface area contributed by atoms with Crippen molar-refractivity contribution < 1.29 is 28.4 Å². The van der Waals surface area contributed by atoms with Gasteiger partial charge in [0.05, 0.1) is 29.9 Å². The number of carbonyl (C=O) groups is 2. The van der Waals surface area contributed by atoms with Crippen LogP contribution in [0.4, 0.5) is 11.4 Å². The summed E-state index contributed by atoms with van der Waals surface area (Å²) in [6.07, 6.45) is 0.395. The van der Waals surface area contributed by atoms with Gasteiger partial charge in [-0.3, -0.25) is 14.9 Å². The number of nitro groups is 1. The number of hydrogen-bond donors (Lipinski definition) is 2. The van der Waals surface area contributed by atoms with E-state index in [1.165, 1.54) is 32.4 Å². The smallest absolute Gasteiger partial charge is 0.339 e. The maximum Gasteiger partial charge on any atom is 0.339 e. The summed E-state index contributed by atoms with van der Waals surface area (Å²) in [5.41, 5.74) is -0.0574. The summed E-state index contributed by atoms with van der Waals surface area (Å²) < 4.78 is 15.1. The zero-order chi connectivity index (χ0) is 20.5. The van der Waals surface area contributed by atoms with E-state index in [1.54, 1.807) is 12.1 Å². The van der Waals surface area contributed by atoms with Crippen LogP contribution < -0.4 is 10.6 Å². The van der Waals surface area contributed by atoms with Crippen LogP contribution >= 0.6 is 0 Å². The molecule has 0 saturated heterocycles. The van der Waals surface area contributed by atoms with Crippen LogP contribution in [0.3, 0.4) is 0 Å². The van der Waals surface area contributed by atoms with Crippen molar-refractivity contribution in [2.45, 2.75) is 19.6 Å². The third-order valence-electron chi connectivity index (χ3n) is 3.72. The Kier molecular flexibility index (Phi) is 7.52. The fourth-order valence-electron chi connectivity index (χ4n) is 2.26. The molecule has 28 heavy (non-hydrogen) atoms. The van der Waals surface area contributed by atoms with Crippen LogP contribution in [0.25, 0.3) is 0 Å². The topological polar surface area (TPSA) is 133 Å². The van der Waals surface area contributed by atoms with Crippen molar-refractivity contribution >= 4 is 23.3 Å². The van der Waals surface area contributed by atoms with E-state index >= 15 is 0 Å². The highest BCUT2D eigenvalue weighted by molar-refractivity contribution is 5.93. The van der Waals surface area contributed by atoms with E-state index in [1.807, 2.05) is 0 Å². The molecule has 1 aromatic carbocycles. The van der Waals surface area contributed by atoms with E-state index in [0.717, 1.165) is 6.07 Å². The highest BCUT2D eigenvalue weighted by atomic mass is 16.6. The molecule has 1 heterocycles. The number of carbonyl (C=O) groups excluding carboxylic acids is 2. The van der Waals surface area contributed by atoms with Gasteiger partial charge in [0.25, 0.3) is 11.6 Å². The monoisotopic (exact) mass is 391 g/mol. The van der Waals surface area contributed by atoms with Crippen molar-refractivity contribution in [1.29, 1.82) is 0 Å². The van der Waals surface area contributed by atoms with Crippen LogP contribution in [-0.4, -0.2) is 43.2 Å². The highest BCUT2D eigenvalue weighted by Gasteiger charge is 2.22. The Morgan fingerprint density at radius 1 is 1.32 bits per heavy atom. The normalized spacial score (nSPS) is 11.5. The lowest BCUT2D eigenvalue weighted by molar-refractivity contribution is -0.384. The maximum absolute atomic E-state index is 12.3. The molecule has 0 fully saturated rings. The molecule has 0 spiro atoms. The number of benzene rings is 1. The van der Waals surface area contributed by atoms with Gasteiger partial charge in [0.15, 0.2) is 6.10 Å². The Morgan fingerprint density at radius 3 is 2.75 bits per heavy atom. The summed E-state index contributed by atoms with van der Waals surface area (Å²) in [5.74, 6) is -0.802. The Labute approximate surface area is 161 Å². The first kappa shape index (κ1) is 20.9. The number of methoxy groups -OCH3 is 1. The maximum atomic E-state index is 12.3. The molecule has 10 heteroatoms. The van der Waals surface area contributed by atoms with E-state index in [9.17, 15) is 19.7 Å². The Balaban J connectivity index is 1.99. The number of ether oxygens (including phenoxy) is 2. The lowest BCUT2D eigenvalue weighted by Crippen LogP contribution is -2.35. The molecule has 0 bridgehead atoms. The Morgan fingerprint density at radius 2 is 2.11 bits per heavy atom. The quantitative estimate of drug-likeness (QED) is 0.272. The first-order valence-corrected chi connectivity index (χ1v) is 8.44.